The quantitative estimate of drug-likeness (QED) is 0.187. The average Bonchev–Trinajstić information content (AvgIpc) is 3.60. The zero-order valence-corrected chi connectivity index (χ0v) is 32.7. The number of benzene rings is 8. The second kappa shape index (κ2) is 13.3. The zero-order valence-electron chi connectivity index (χ0n) is 32.7. The summed E-state index contributed by atoms with van der Waals surface area (Å²) in [4.78, 5) is 5.25. The molecular weight excluding hydrogens is 701 g/mol. The molecule has 0 saturated heterocycles. The van der Waals surface area contributed by atoms with Crippen molar-refractivity contribution in [3.63, 3.8) is 0 Å². The van der Waals surface area contributed by atoms with Crippen molar-refractivity contribution in [3.8, 4) is 33.4 Å². The van der Waals surface area contributed by atoms with Gasteiger partial charge in [0.25, 0.3) is 0 Å². The third-order valence-corrected chi connectivity index (χ3v) is 12.8. The van der Waals surface area contributed by atoms with E-state index in [2.05, 4.69) is 225 Å². The maximum absolute atomic E-state index is 5.25. The van der Waals surface area contributed by atoms with Gasteiger partial charge in [-0.1, -0.05) is 202 Å². The van der Waals surface area contributed by atoms with Crippen molar-refractivity contribution in [2.75, 3.05) is 0 Å². The Labute approximate surface area is 340 Å². The van der Waals surface area contributed by atoms with Crippen LogP contribution in [-0.4, -0.2) is 5.84 Å². The second-order valence-electron chi connectivity index (χ2n) is 16.3. The number of aliphatic imine (C=N–C) groups is 1. The lowest BCUT2D eigenvalue weighted by Gasteiger charge is -2.46. The molecule has 1 heterocycles. The minimum atomic E-state index is -0.430. The Balaban J connectivity index is 1.07. The van der Waals surface area contributed by atoms with Gasteiger partial charge in [0.2, 0.25) is 0 Å². The summed E-state index contributed by atoms with van der Waals surface area (Å²) in [6.45, 7) is 4.77. The third-order valence-electron chi connectivity index (χ3n) is 12.8. The molecule has 0 radical (unpaired) electrons. The monoisotopic (exact) mass is 742 g/mol. The van der Waals surface area contributed by atoms with E-state index in [1.54, 1.807) is 0 Å². The third kappa shape index (κ3) is 5.15. The SMILES string of the molecule is CC1(C)c2ccccc2C2(c3ccccc3-c3c(-c4cccc(C5C=C(c6cccc(-c7ccccc7)c6)N=C(c6ccccc6)N5)c4)cccc32)c2ccccc21. The number of fused-ring (bicyclic) bond motifs is 9. The maximum Gasteiger partial charge on any atom is 0.134 e. The number of rotatable bonds is 5. The van der Waals surface area contributed by atoms with E-state index in [9.17, 15) is 0 Å². The molecule has 0 bridgehead atoms. The first kappa shape index (κ1) is 34.2. The van der Waals surface area contributed by atoms with Crippen LogP contribution in [0, 0.1) is 0 Å². The Kier molecular flexibility index (Phi) is 7.84. The molecule has 1 unspecified atom stereocenters. The predicted molar refractivity (Wildman–Crippen MR) is 240 cm³/mol. The van der Waals surface area contributed by atoms with Crippen LogP contribution >= 0.6 is 0 Å². The lowest BCUT2D eigenvalue weighted by molar-refractivity contribution is 0.563. The standard InChI is InChI=1S/C56H42N2/c1-55(2)46-29-11-13-31-48(46)56(49-32-14-12-30-47(49)55)45-28-10-9-26-44(45)53-43(27-17-33-50(53)56)40-23-16-25-42(35-40)52-36-51(57-54(58-52)38-20-7-4-8-21-38)41-24-15-22-39(34-41)37-18-5-3-6-19-37/h3-36,52H,1-2H3,(H,57,58). The smallest absolute Gasteiger partial charge is 0.134 e. The van der Waals surface area contributed by atoms with Crippen LogP contribution in [0.2, 0.25) is 0 Å². The Morgan fingerprint density at radius 3 is 1.66 bits per heavy atom. The van der Waals surface area contributed by atoms with Gasteiger partial charge in [-0.05, 0) is 90.5 Å². The summed E-state index contributed by atoms with van der Waals surface area (Å²) in [6.07, 6.45) is 2.28. The van der Waals surface area contributed by atoms with Crippen LogP contribution in [-0.2, 0) is 10.8 Å². The van der Waals surface area contributed by atoms with Gasteiger partial charge >= 0.3 is 0 Å². The van der Waals surface area contributed by atoms with Crippen LogP contribution in [0.1, 0.15) is 70.0 Å². The van der Waals surface area contributed by atoms with Gasteiger partial charge in [-0.25, -0.2) is 4.99 Å². The van der Waals surface area contributed by atoms with Crippen LogP contribution in [0.5, 0.6) is 0 Å². The van der Waals surface area contributed by atoms with Crippen molar-refractivity contribution in [1.29, 1.82) is 0 Å². The van der Waals surface area contributed by atoms with Crippen molar-refractivity contribution >= 4 is 11.5 Å². The molecule has 8 aromatic carbocycles. The van der Waals surface area contributed by atoms with E-state index >= 15 is 0 Å². The molecule has 0 saturated carbocycles. The topological polar surface area (TPSA) is 24.4 Å². The highest BCUT2D eigenvalue weighted by molar-refractivity contribution is 6.03. The molecule has 0 fully saturated rings. The van der Waals surface area contributed by atoms with E-state index in [0.717, 1.165) is 22.7 Å². The van der Waals surface area contributed by atoms with Gasteiger partial charge in [-0.3, -0.25) is 0 Å². The molecule has 8 aromatic rings. The number of nitrogens with zero attached hydrogens (tertiary/aromatic N) is 1. The van der Waals surface area contributed by atoms with E-state index < -0.39 is 5.41 Å². The maximum atomic E-state index is 5.25. The summed E-state index contributed by atoms with van der Waals surface area (Å²) in [7, 11) is 0. The molecule has 1 spiro atoms. The normalized spacial score (nSPS) is 16.6. The van der Waals surface area contributed by atoms with Crippen LogP contribution in [0.25, 0.3) is 39.1 Å². The van der Waals surface area contributed by atoms with Gasteiger partial charge in [-0.2, -0.15) is 0 Å². The van der Waals surface area contributed by atoms with E-state index in [1.807, 2.05) is 0 Å². The summed E-state index contributed by atoms with van der Waals surface area (Å²) in [5.41, 5.74) is 19.4. The van der Waals surface area contributed by atoms with Gasteiger partial charge in [0.1, 0.15) is 5.84 Å². The molecule has 2 nitrogen and oxygen atoms in total. The molecule has 2 aliphatic carbocycles. The lowest BCUT2D eigenvalue weighted by atomic mass is 9.55. The van der Waals surface area contributed by atoms with Crippen LogP contribution in [0.15, 0.2) is 211 Å². The van der Waals surface area contributed by atoms with Gasteiger partial charge in [0.05, 0.1) is 17.2 Å². The second-order valence-corrected chi connectivity index (χ2v) is 16.3. The molecule has 2 heteroatoms. The highest BCUT2D eigenvalue weighted by atomic mass is 15.0. The lowest BCUT2D eigenvalue weighted by Crippen LogP contribution is -2.40. The number of hydrogen-bond donors (Lipinski definition) is 1. The summed E-state index contributed by atoms with van der Waals surface area (Å²) in [5, 5.41) is 3.83. The Morgan fingerprint density at radius 2 is 0.931 bits per heavy atom. The molecule has 58 heavy (non-hydrogen) atoms. The summed E-state index contributed by atoms with van der Waals surface area (Å²) in [5.74, 6) is 0.868. The fourth-order valence-corrected chi connectivity index (χ4v) is 10.2. The minimum absolute atomic E-state index is 0.0993. The van der Waals surface area contributed by atoms with Crippen LogP contribution in [0.4, 0.5) is 0 Å². The fourth-order valence-electron chi connectivity index (χ4n) is 10.2. The molecule has 0 amide bonds. The largest absolute Gasteiger partial charge is 0.359 e. The Morgan fingerprint density at radius 1 is 0.414 bits per heavy atom. The van der Waals surface area contributed by atoms with Crippen molar-refractivity contribution in [2.45, 2.75) is 30.7 Å². The highest BCUT2D eigenvalue weighted by Gasteiger charge is 2.53. The molecule has 1 atom stereocenters. The van der Waals surface area contributed by atoms with Crippen molar-refractivity contribution < 1.29 is 0 Å². The number of hydrogen-bond acceptors (Lipinski definition) is 2. The highest BCUT2D eigenvalue weighted by Crippen LogP contribution is 2.63. The summed E-state index contributed by atoms with van der Waals surface area (Å²) >= 11 is 0. The Hall–Kier alpha value is -7.03. The summed E-state index contributed by atoms with van der Waals surface area (Å²) in [6, 6.07) is 73.3. The molecule has 276 valence electrons. The van der Waals surface area contributed by atoms with E-state index in [-0.39, 0.29) is 11.5 Å². The number of nitrogens with one attached hydrogen (secondary N) is 1. The Bertz CT molecular complexity index is 2900. The molecule has 1 aliphatic heterocycles. The average molecular weight is 743 g/mol. The van der Waals surface area contributed by atoms with Gasteiger partial charge in [0.15, 0.2) is 0 Å². The van der Waals surface area contributed by atoms with Crippen LogP contribution in [0.3, 0.4) is 0 Å². The molecular formula is C56H42N2. The minimum Gasteiger partial charge on any atom is -0.359 e. The van der Waals surface area contributed by atoms with Gasteiger partial charge in [-0.15, -0.1) is 0 Å². The fraction of sp³-hybridized carbons (Fsp3) is 0.0893. The van der Waals surface area contributed by atoms with Crippen molar-refractivity contribution in [3.05, 3.63) is 256 Å². The van der Waals surface area contributed by atoms with Crippen molar-refractivity contribution in [1.82, 2.24) is 5.32 Å². The molecule has 1 N–H and O–H groups in total. The molecule has 0 aromatic heterocycles. The zero-order chi connectivity index (χ0) is 38.8. The first-order chi connectivity index (χ1) is 28.5. The first-order valence-corrected chi connectivity index (χ1v) is 20.3. The van der Waals surface area contributed by atoms with Gasteiger partial charge < -0.3 is 5.32 Å². The molecule has 3 aliphatic rings. The van der Waals surface area contributed by atoms with E-state index in [4.69, 9.17) is 4.99 Å². The van der Waals surface area contributed by atoms with E-state index in [0.29, 0.717) is 0 Å². The molecule has 11 rings (SSSR count). The van der Waals surface area contributed by atoms with Crippen molar-refractivity contribution in [2.24, 2.45) is 4.99 Å². The van der Waals surface area contributed by atoms with Crippen LogP contribution < -0.4 is 5.32 Å². The number of amidine groups is 1. The van der Waals surface area contributed by atoms with Gasteiger partial charge in [0, 0.05) is 16.5 Å². The predicted octanol–water partition coefficient (Wildman–Crippen LogP) is 13.2. The first-order valence-electron chi connectivity index (χ1n) is 20.3. The summed E-state index contributed by atoms with van der Waals surface area (Å²) < 4.78 is 0. The van der Waals surface area contributed by atoms with E-state index in [1.165, 1.54) is 72.3 Å².